The van der Waals surface area contributed by atoms with E-state index in [1.54, 1.807) is 36.4 Å². The molecule has 1 heterocycles. The van der Waals surface area contributed by atoms with Crippen LogP contribution < -0.4 is 0 Å². The van der Waals surface area contributed by atoms with Crippen LogP contribution in [0.15, 0.2) is 70.5 Å². The van der Waals surface area contributed by atoms with E-state index in [0.29, 0.717) is 6.42 Å². The van der Waals surface area contributed by atoms with Gasteiger partial charge in [0.25, 0.3) is 0 Å². The Morgan fingerprint density at radius 1 is 0.848 bits per heavy atom. The van der Waals surface area contributed by atoms with Gasteiger partial charge in [0.2, 0.25) is 0 Å². The van der Waals surface area contributed by atoms with E-state index >= 15 is 0 Å². The maximum absolute atomic E-state index is 13.6. The Bertz CT molecular complexity index is 1040. The Labute approximate surface area is 197 Å². The topological polar surface area (TPSA) is 94.6 Å². The lowest BCUT2D eigenvalue weighted by Crippen LogP contribution is -2.40. The number of carbonyl (C=O) groups excluding carboxylic acids is 1. The molecule has 0 saturated carbocycles. The zero-order chi connectivity index (χ0) is 23.9. The molecule has 1 aliphatic heterocycles. The Balaban J connectivity index is 1.99. The molecule has 2 aromatic carbocycles. The molecule has 0 N–H and O–H groups in total. The molecular weight excluding hydrogens is 460 g/mol. The Kier molecular flexibility index (Phi) is 8.70. The van der Waals surface area contributed by atoms with Crippen LogP contribution in [0.25, 0.3) is 0 Å². The van der Waals surface area contributed by atoms with Crippen LogP contribution in [0.3, 0.4) is 0 Å². The van der Waals surface area contributed by atoms with E-state index in [4.69, 9.17) is 4.74 Å². The van der Waals surface area contributed by atoms with Gasteiger partial charge in [-0.2, -0.15) is 0 Å². The van der Waals surface area contributed by atoms with Gasteiger partial charge < -0.3 is 4.74 Å². The van der Waals surface area contributed by atoms with Crippen LogP contribution in [0, 0.1) is 11.8 Å². The average Bonchev–Trinajstić information content (AvgIpc) is 2.82. The zero-order valence-corrected chi connectivity index (χ0v) is 20.6. The first-order chi connectivity index (χ1) is 15.8. The van der Waals surface area contributed by atoms with Gasteiger partial charge in [-0.3, -0.25) is 4.79 Å². The van der Waals surface area contributed by atoms with Crippen molar-refractivity contribution in [3.8, 4) is 0 Å². The first-order valence-electron chi connectivity index (χ1n) is 11.5. The van der Waals surface area contributed by atoms with Gasteiger partial charge in [0.1, 0.15) is 0 Å². The molecule has 0 unspecified atom stereocenters. The molecule has 1 fully saturated rings. The number of ether oxygens (including phenoxy) is 1. The van der Waals surface area contributed by atoms with Gasteiger partial charge in [-0.25, -0.2) is 16.8 Å². The van der Waals surface area contributed by atoms with Crippen LogP contribution in [0.1, 0.15) is 51.9 Å². The highest BCUT2D eigenvalue weighted by atomic mass is 32.3. The molecule has 2 aromatic rings. The second kappa shape index (κ2) is 11.3. The summed E-state index contributed by atoms with van der Waals surface area (Å²) >= 11 is 0. The first kappa shape index (κ1) is 25.4. The smallest absolute Gasteiger partial charge is 0.309 e. The van der Waals surface area contributed by atoms with Gasteiger partial charge in [-0.1, -0.05) is 69.0 Å². The number of cyclic esters (lactones) is 1. The molecule has 6 nitrogen and oxygen atoms in total. The van der Waals surface area contributed by atoms with Crippen molar-refractivity contribution in [3.63, 3.8) is 0 Å². The van der Waals surface area contributed by atoms with E-state index in [1.807, 2.05) is 0 Å². The van der Waals surface area contributed by atoms with E-state index in [1.165, 1.54) is 24.3 Å². The van der Waals surface area contributed by atoms with Crippen molar-refractivity contribution in [1.82, 2.24) is 0 Å². The fraction of sp³-hybridized carbons (Fsp3) is 0.480. The molecular formula is C25H32O6S2. The quantitative estimate of drug-likeness (QED) is 0.330. The SMILES string of the molecule is CCCCCC[C@@H]1CCOC(=O)[C@H]1CC(S(=O)(=O)c1ccccc1)S(=O)(=O)c1ccccc1. The van der Waals surface area contributed by atoms with Gasteiger partial charge in [-0.05, 0) is 49.4 Å². The third-order valence-electron chi connectivity index (χ3n) is 6.32. The summed E-state index contributed by atoms with van der Waals surface area (Å²) in [5.41, 5.74) is 0. The summed E-state index contributed by atoms with van der Waals surface area (Å²) < 4.78 is 57.9. The second-order valence-electron chi connectivity index (χ2n) is 8.55. The number of carbonyl (C=O) groups is 1. The normalized spacial score (nSPS) is 19.4. The van der Waals surface area contributed by atoms with Crippen LogP contribution in [-0.4, -0.2) is 34.0 Å². The summed E-state index contributed by atoms with van der Waals surface area (Å²) in [6.07, 6.45) is 5.19. The molecule has 0 aromatic heterocycles. The van der Waals surface area contributed by atoms with Crippen molar-refractivity contribution in [1.29, 1.82) is 0 Å². The molecule has 0 amide bonds. The lowest BCUT2D eigenvalue weighted by Gasteiger charge is -2.32. The highest BCUT2D eigenvalue weighted by Crippen LogP contribution is 2.37. The summed E-state index contributed by atoms with van der Waals surface area (Å²) in [6.45, 7) is 2.41. The number of esters is 1. The summed E-state index contributed by atoms with van der Waals surface area (Å²) in [5, 5.41) is 0. The summed E-state index contributed by atoms with van der Waals surface area (Å²) in [5.74, 6) is -1.37. The van der Waals surface area contributed by atoms with Crippen LogP contribution >= 0.6 is 0 Å². The van der Waals surface area contributed by atoms with E-state index < -0.39 is 36.1 Å². The van der Waals surface area contributed by atoms with Gasteiger partial charge in [0.05, 0.1) is 22.3 Å². The monoisotopic (exact) mass is 492 g/mol. The summed E-state index contributed by atoms with van der Waals surface area (Å²) in [7, 11) is -8.56. The number of benzene rings is 2. The third-order valence-corrected chi connectivity index (χ3v) is 11.5. The molecule has 0 radical (unpaired) electrons. The van der Waals surface area contributed by atoms with E-state index in [2.05, 4.69) is 6.92 Å². The van der Waals surface area contributed by atoms with Crippen molar-refractivity contribution in [2.75, 3.05) is 6.61 Å². The van der Waals surface area contributed by atoms with Crippen molar-refractivity contribution in [2.45, 2.75) is 66.2 Å². The van der Waals surface area contributed by atoms with Gasteiger partial charge >= 0.3 is 5.97 Å². The molecule has 1 saturated heterocycles. The van der Waals surface area contributed by atoms with Crippen molar-refractivity contribution >= 4 is 25.6 Å². The zero-order valence-electron chi connectivity index (χ0n) is 18.9. The number of hydrogen-bond donors (Lipinski definition) is 0. The summed E-state index contributed by atoms with van der Waals surface area (Å²) in [4.78, 5) is 12.6. The third kappa shape index (κ3) is 6.03. The Morgan fingerprint density at radius 3 is 1.91 bits per heavy atom. The van der Waals surface area contributed by atoms with Gasteiger partial charge in [0, 0.05) is 0 Å². The molecule has 0 spiro atoms. The molecule has 8 heteroatoms. The fourth-order valence-corrected chi connectivity index (χ4v) is 9.03. The van der Waals surface area contributed by atoms with Crippen molar-refractivity contribution in [3.05, 3.63) is 60.7 Å². The summed E-state index contributed by atoms with van der Waals surface area (Å²) in [6, 6.07) is 15.2. The highest BCUT2D eigenvalue weighted by Gasteiger charge is 2.45. The molecule has 33 heavy (non-hydrogen) atoms. The first-order valence-corrected chi connectivity index (χ1v) is 14.6. The number of hydrogen-bond acceptors (Lipinski definition) is 6. The molecule has 2 atom stereocenters. The maximum atomic E-state index is 13.6. The minimum absolute atomic E-state index is 0.0711. The Morgan fingerprint density at radius 2 is 1.39 bits per heavy atom. The van der Waals surface area contributed by atoms with Crippen LogP contribution in [-0.2, 0) is 29.2 Å². The standard InChI is InChI=1S/C25H32O6S2/c1-2-3-4-7-12-20-17-18-31-25(26)23(20)19-24(32(27,28)21-13-8-5-9-14-21)33(29,30)22-15-10-6-11-16-22/h5-6,8-11,13-16,20,23-24H,2-4,7,12,17-19H2,1H3/t20-,23+/m1/s1. The van der Waals surface area contributed by atoms with E-state index in [-0.39, 0.29) is 28.7 Å². The molecule has 0 bridgehead atoms. The van der Waals surface area contributed by atoms with Crippen molar-refractivity contribution in [2.24, 2.45) is 11.8 Å². The molecule has 1 aliphatic rings. The number of sulfone groups is 2. The van der Waals surface area contributed by atoms with Crippen molar-refractivity contribution < 1.29 is 26.4 Å². The predicted molar refractivity (Wildman–Crippen MR) is 127 cm³/mol. The Hall–Kier alpha value is -2.19. The van der Waals surface area contributed by atoms with Crippen LogP contribution in [0.2, 0.25) is 0 Å². The average molecular weight is 493 g/mol. The number of rotatable bonds is 11. The second-order valence-corrected chi connectivity index (χ2v) is 13.1. The van der Waals surface area contributed by atoms with Gasteiger partial charge in [-0.15, -0.1) is 0 Å². The van der Waals surface area contributed by atoms with E-state index in [0.717, 1.165) is 32.1 Å². The van der Waals surface area contributed by atoms with Crippen LogP contribution in [0.4, 0.5) is 0 Å². The van der Waals surface area contributed by atoms with Crippen LogP contribution in [0.5, 0.6) is 0 Å². The highest BCUT2D eigenvalue weighted by molar-refractivity contribution is 8.09. The lowest BCUT2D eigenvalue weighted by atomic mass is 9.82. The van der Waals surface area contributed by atoms with Gasteiger partial charge in [0.15, 0.2) is 24.3 Å². The minimum Gasteiger partial charge on any atom is -0.465 e. The minimum atomic E-state index is -4.28. The molecule has 0 aliphatic carbocycles. The molecule has 180 valence electrons. The largest absolute Gasteiger partial charge is 0.465 e. The van der Waals surface area contributed by atoms with E-state index in [9.17, 15) is 21.6 Å². The lowest BCUT2D eigenvalue weighted by molar-refractivity contribution is -0.157. The number of unbranched alkanes of at least 4 members (excludes halogenated alkanes) is 3. The fourth-order valence-electron chi connectivity index (χ4n) is 4.43. The molecule has 3 rings (SSSR count). The maximum Gasteiger partial charge on any atom is 0.309 e. The predicted octanol–water partition coefficient (Wildman–Crippen LogP) is 4.80.